The molecule has 1 aliphatic rings. The van der Waals surface area contributed by atoms with Gasteiger partial charge in [0, 0.05) is 43.5 Å². The molecule has 5 heteroatoms. The summed E-state index contributed by atoms with van der Waals surface area (Å²) in [5, 5.41) is 10.6. The first-order valence-corrected chi connectivity index (χ1v) is 5.77. The third-order valence-electron chi connectivity index (χ3n) is 3.39. The van der Waals surface area contributed by atoms with E-state index in [0.717, 1.165) is 25.3 Å². The van der Waals surface area contributed by atoms with Gasteiger partial charge in [-0.15, -0.1) is 0 Å². The van der Waals surface area contributed by atoms with Gasteiger partial charge in [-0.2, -0.15) is 0 Å². The largest absolute Gasteiger partial charge is 0.369 e. The number of likely N-dealkylation sites (N-methyl/N-ethyl adjacent to an activating group) is 1. The van der Waals surface area contributed by atoms with E-state index in [9.17, 15) is 10.1 Å². The van der Waals surface area contributed by atoms with Gasteiger partial charge >= 0.3 is 0 Å². The minimum Gasteiger partial charge on any atom is -0.369 e. The SMILES string of the molecule is C[C@@H]1CN(c2ccc([N+](=O)[O-])cc2)CCN1C. The molecule has 5 nitrogen and oxygen atoms in total. The van der Waals surface area contributed by atoms with Crippen molar-refractivity contribution in [2.75, 3.05) is 31.6 Å². The van der Waals surface area contributed by atoms with Crippen molar-refractivity contribution in [1.82, 2.24) is 4.90 Å². The Morgan fingerprint density at radius 1 is 1.29 bits per heavy atom. The lowest BCUT2D eigenvalue weighted by Gasteiger charge is -2.38. The van der Waals surface area contributed by atoms with Crippen LogP contribution in [-0.2, 0) is 0 Å². The van der Waals surface area contributed by atoms with Gasteiger partial charge in [-0.25, -0.2) is 0 Å². The number of nitrogens with zero attached hydrogens (tertiary/aromatic N) is 3. The highest BCUT2D eigenvalue weighted by molar-refractivity contribution is 5.51. The molecular formula is C12H17N3O2. The minimum atomic E-state index is -0.365. The molecule has 0 unspecified atom stereocenters. The van der Waals surface area contributed by atoms with E-state index < -0.39 is 0 Å². The van der Waals surface area contributed by atoms with Gasteiger partial charge < -0.3 is 9.80 Å². The molecule has 0 amide bonds. The molecule has 1 heterocycles. The Morgan fingerprint density at radius 2 is 1.94 bits per heavy atom. The summed E-state index contributed by atoms with van der Waals surface area (Å²) in [6.07, 6.45) is 0. The highest BCUT2D eigenvalue weighted by Gasteiger charge is 2.20. The Kier molecular flexibility index (Phi) is 3.28. The Morgan fingerprint density at radius 3 is 2.47 bits per heavy atom. The number of piperazine rings is 1. The molecule has 1 atom stereocenters. The molecular weight excluding hydrogens is 218 g/mol. The highest BCUT2D eigenvalue weighted by atomic mass is 16.6. The third-order valence-corrected chi connectivity index (χ3v) is 3.39. The van der Waals surface area contributed by atoms with Gasteiger partial charge in [0.25, 0.3) is 5.69 Å². The molecule has 1 saturated heterocycles. The van der Waals surface area contributed by atoms with Crippen LogP contribution in [0, 0.1) is 10.1 Å². The maximum Gasteiger partial charge on any atom is 0.269 e. The molecule has 0 N–H and O–H groups in total. The van der Waals surface area contributed by atoms with Gasteiger partial charge in [-0.3, -0.25) is 10.1 Å². The van der Waals surface area contributed by atoms with Gasteiger partial charge in [0.2, 0.25) is 0 Å². The second kappa shape index (κ2) is 4.71. The zero-order chi connectivity index (χ0) is 12.4. The molecule has 92 valence electrons. The molecule has 1 aliphatic heterocycles. The minimum absolute atomic E-state index is 0.149. The van der Waals surface area contributed by atoms with E-state index in [4.69, 9.17) is 0 Å². The first-order chi connectivity index (χ1) is 8.08. The fraction of sp³-hybridized carbons (Fsp3) is 0.500. The van der Waals surface area contributed by atoms with Crippen LogP contribution in [0.1, 0.15) is 6.92 Å². The number of hydrogen-bond acceptors (Lipinski definition) is 4. The zero-order valence-electron chi connectivity index (χ0n) is 10.2. The molecule has 0 bridgehead atoms. The van der Waals surface area contributed by atoms with E-state index in [1.54, 1.807) is 12.1 Å². The summed E-state index contributed by atoms with van der Waals surface area (Å²) in [7, 11) is 2.12. The number of benzene rings is 1. The monoisotopic (exact) mass is 235 g/mol. The number of anilines is 1. The van der Waals surface area contributed by atoms with E-state index in [2.05, 4.69) is 23.8 Å². The topological polar surface area (TPSA) is 49.6 Å². The van der Waals surface area contributed by atoms with Gasteiger partial charge in [-0.05, 0) is 26.1 Å². The van der Waals surface area contributed by atoms with Crippen molar-refractivity contribution in [3.63, 3.8) is 0 Å². The van der Waals surface area contributed by atoms with E-state index in [-0.39, 0.29) is 10.6 Å². The van der Waals surface area contributed by atoms with Crippen molar-refractivity contribution in [3.8, 4) is 0 Å². The van der Waals surface area contributed by atoms with Crippen LogP contribution in [0.25, 0.3) is 0 Å². The van der Waals surface area contributed by atoms with Crippen LogP contribution >= 0.6 is 0 Å². The van der Waals surface area contributed by atoms with Crippen molar-refractivity contribution in [2.45, 2.75) is 13.0 Å². The first-order valence-electron chi connectivity index (χ1n) is 5.77. The fourth-order valence-corrected chi connectivity index (χ4v) is 2.07. The van der Waals surface area contributed by atoms with Gasteiger partial charge in [-0.1, -0.05) is 0 Å². The van der Waals surface area contributed by atoms with E-state index >= 15 is 0 Å². The average Bonchev–Trinajstić information content (AvgIpc) is 2.33. The van der Waals surface area contributed by atoms with E-state index in [1.165, 1.54) is 0 Å². The molecule has 0 spiro atoms. The Labute approximate surface area is 101 Å². The van der Waals surface area contributed by atoms with E-state index in [0.29, 0.717) is 6.04 Å². The van der Waals surface area contributed by atoms with Crippen molar-refractivity contribution < 1.29 is 4.92 Å². The van der Waals surface area contributed by atoms with Crippen LogP contribution in [0.3, 0.4) is 0 Å². The van der Waals surface area contributed by atoms with Crippen molar-refractivity contribution in [2.24, 2.45) is 0 Å². The predicted octanol–water partition coefficient (Wildman–Crippen LogP) is 1.74. The van der Waals surface area contributed by atoms with Crippen LogP contribution in [-0.4, -0.2) is 42.5 Å². The number of non-ortho nitro benzene ring substituents is 1. The van der Waals surface area contributed by atoms with Crippen molar-refractivity contribution in [1.29, 1.82) is 0 Å². The number of hydrogen-bond donors (Lipinski definition) is 0. The summed E-state index contributed by atoms with van der Waals surface area (Å²) in [4.78, 5) is 14.8. The van der Waals surface area contributed by atoms with Crippen LogP contribution in [0.15, 0.2) is 24.3 Å². The normalized spacial score (nSPS) is 21.5. The van der Waals surface area contributed by atoms with Crippen LogP contribution < -0.4 is 4.90 Å². The lowest BCUT2D eigenvalue weighted by molar-refractivity contribution is -0.384. The lowest BCUT2D eigenvalue weighted by Crippen LogP contribution is -2.50. The Bertz CT molecular complexity index is 405. The Hall–Kier alpha value is -1.62. The number of rotatable bonds is 2. The van der Waals surface area contributed by atoms with Crippen molar-refractivity contribution in [3.05, 3.63) is 34.4 Å². The van der Waals surface area contributed by atoms with Gasteiger partial charge in [0.1, 0.15) is 0 Å². The van der Waals surface area contributed by atoms with E-state index in [1.807, 2.05) is 12.1 Å². The van der Waals surface area contributed by atoms with Crippen molar-refractivity contribution >= 4 is 11.4 Å². The lowest BCUT2D eigenvalue weighted by atomic mass is 10.1. The fourth-order valence-electron chi connectivity index (χ4n) is 2.07. The predicted molar refractivity (Wildman–Crippen MR) is 67.4 cm³/mol. The Balaban J connectivity index is 2.10. The maximum atomic E-state index is 10.6. The molecule has 17 heavy (non-hydrogen) atoms. The molecule has 1 aromatic rings. The highest BCUT2D eigenvalue weighted by Crippen LogP contribution is 2.21. The molecule has 0 aliphatic carbocycles. The summed E-state index contributed by atoms with van der Waals surface area (Å²) < 4.78 is 0. The summed E-state index contributed by atoms with van der Waals surface area (Å²) in [6.45, 7) is 5.16. The van der Waals surface area contributed by atoms with Gasteiger partial charge in [0.05, 0.1) is 4.92 Å². The smallest absolute Gasteiger partial charge is 0.269 e. The summed E-state index contributed by atoms with van der Waals surface area (Å²) in [5.41, 5.74) is 1.21. The molecule has 0 aromatic heterocycles. The molecule has 2 rings (SSSR count). The molecule has 0 saturated carbocycles. The number of nitro groups is 1. The quantitative estimate of drug-likeness (QED) is 0.578. The third kappa shape index (κ3) is 2.55. The van der Waals surface area contributed by atoms with Gasteiger partial charge in [0.15, 0.2) is 0 Å². The zero-order valence-corrected chi connectivity index (χ0v) is 10.2. The molecule has 0 radical (unpaired) electrons. The van der Waals surface area contributed by atoms with Crippen LogP contribution in [0.5, 0.6) is 0 Å². The maximum absolute atomic E-state index is 10.6. The second-order valence-electron chi connectivity index (χ2n) is 4.55. The standard InChI is InChI=1S/C12H17N3O2/c1-10-9-14(8-7-13(10)2)11-3-5-12(6-4-11)15(16)17/h3-6,10H,7-9H2,1-2H3/t10-/m1/s1. The summed E-state index contributed by atoms with van der Waals surface area (Å²) >= 11 is 0. The average molecular weight is 235 g/mol. The molecule has 1 aromatic carbocycles. The molecule has 1 fully saturated rings. The van der Waals surface area contributed by atoms with Crippen LogP contribution in [0.2, 0.25) is 0 Å². The number of nitro benzene ring substituents is 1. The first kappa shape index (κ1) is 11.9. The summed E-state index contributed by atoms with van der Waals surface area (Å²) in [6, 6.07) is 7.31. The second-order valence-corrected chi connectivity index (χ2v) is 4.55. The van der Waals surface area contributed by atoms with Crippen LogP contribution in [0.4, 0.5) is 11.4 Å². The summed E-state index contributed by atoms with van der Waals surface area (Å²) in [5.74, 6) is 0.